The van der Waals surface area contributed by atoms with E-state index in [1.54, 1.807) is 0 Å². The van der Waals surface area contributed by atoms with Crippen molar-refractivity contribution in [3.05, 3.63) is 17.5 Å². The first kappa shape index (κ1) is 17.8. The highest BCUT2D eigenvalue weighted by Crippen LogP contribution is 2.20. The van der Waals surface area contributed by atoms with Crippen LogP contribution < -0.4 is 10.6 Å². The summed E-state index contributed by atoms with van der Waals surface area (Å²) >= 11 is 0. The second kappa shape index (κ2) is 7.81. The number of carbonyl (C=O) groups is 1. The van der Waals surface area contributed by atoms with Crippen LogP contribution in [-0.4, -0.2) is 40.5 Å². The lowest BCUT2D eigenvalue weighted by Crippen LogP contribution is -2.39. The molecular formula is C17H30N4O2. The number of amides is 1. The van der Waals surface area contributed by atoms with E-state index < -0.39 is 5.60 Å². The first-order valence-corrected chi connectivity index (χ1v) is 8.55. The number of aromatic amines is 1. The normalized spacial score (nSPS) is 21.4. The number of nitrogens with zero attached hydrogens (tertiary/aromatic N) is 1. The molecule has 0 aliphatic heterocycles. The van der Waals surface area contributed by atoms with Crippen LogP contribution in [0.3, 0.4) is 0 Å². The lowest BCUT2D eigenvalue weighted by molar-refractivity contribution is 0.0505. The Kier molecular flexibility index (Phi) is 6.04. The van der Waals surface area contributed by atoms with Gasteiger partial charge < -0.3 is 15.4 Å². The molecule has 2 unspecified atom stereocenters. The molecule has 2 rings (SSSR count). The third-order valence-electron chi connectivity index (χ3n) is 4.14. The van der Waals surface area contributed by atoms with Gasteiger partial charge in [0.15, 0.2) is 0 Å². The predicted molar refractivity (Wildman–Crippen MR) is 90.4 cm³/mol. The molecule has 1 aliphatic rings. The van der Waals surface area contributed by atoms with Crippen molar-refractivity contribution in [2.75, 3.05) is 6.54 Å². The molecule has 1 amide bonds. The highest BCUT2D eigenvalue weighted by molar-refractivity contribution is 5.68. The monoisotopic (exact) mass is 322 g/mol. The number of alkyl carbamates (subject to hydrolysis) is 1. The van der Waals surface area contributed by atoms with Gasteiger partial charge in [0.05, 0.1) is 6.20 Å². The Morgan fingerprint density at radius 1 is 1.39 bits per heavy atom. The van der Waals surface area contributed by atoms with E-state index in [-0.39, 0.29) is 12.1 Å². The third-order valence-corrected chi connectivity index (χ3v) is 4.14. The van der Waals surface area contributed by atoms with Crippen molar-refractivity contribution < 1.29 is 9.53 Å². The van der Waals surface area contributed by atoms with Crippen LogP contribution in [0.2, 0.25) is 0 Å². The van der Waals surface area contributed by atoms with Crippen LogP contribution in [0.15, 0.2) is 6.20 Å². The fourth-order valence-corrected chi connectivity index (χ4v) is 2.98. The van der Waals surface area contributed by atoms with Crippen molar-refractivity contribution >= 4 is 6.09 Å². The second-order valence-electron chi connectivity index (χ2n) is 7.43. The topological polar surface area (TPSA) is 79.0 Å². The van der Waals surface area contributed by atoms with E-state index in [4.69, 9.17) is 4.74 Å². The summed E-state index contributed by atoms with van der Waals surface area (Å²) in [6.07, 6.45) is 6.83. The van der Waals surface area contributed by atoms with Crippen LogP contribution in [0.1, 0.15) is 57.7 Å². The zero-order valence-corrected chi connectivity index (χ0v) is 14.7. The van der Waals surface area contributed by atoms with Gasteiger partial charge in [-0.25, -0.2) is 4.79 Å². The highest BCUT2D eigenvalue weighted by atomic mass is 16.6. The zero-order valence-electron chi connectivity index (χ0n) is 14.7. The van der Waals surface area contributed by atoms with Crippen molar-refractivity contribution in [1.82, 2.24) is 20.8 Å². The average molecular weight is 322 g/mol. The van der Waals surface area contributed by atoms with Crippen molar-refractivity contribution in [3.63, 3.8) is 0 Å². The molecule has 1 fully saturated rings. The smallest absolute Gasteiger partial charge is 0.407 e. The minimum Gasteiger partial charge on any atom is -0.444 e. The first-order chi connectivity index (χ1) is 10.8. The molecule has 6 nitrogen and oxygen atoms in total. The Balaban J connectivity index is 1.60. The van der Waals surface area contributed by atoms with Gasteiger partial charge in [0.25, 0.3) is 0 Å². The second-order valence-corrected chi connectivity index (χ2v) is 7.43. The van der Waals surface area contributed by atoms with Gasteiger partial charge in [-0.05, 0) is 71.9 Å². The molecule has 0 bridgehead atoms. The maximum atomic E-state index is 11.8. The first-order valence-electron chi connectivity index (χ1n) is 8.55. The Bertz CT molecular complexity index is 507. The minimum atomic E-state index is -0.439. The summed E-state index contributed by atoms with van der Waals surface area (Å²) < 4.78 is 5.31. The largest absolute Gasteiger partial charge is 0.444 e. The minimum absolute atomic E-state index is 0.221. The van der Waals surface area contributed by atoms with Gasteiger partial charge in [0.1, 0.15) is 5.60 Å². The lowest BCUT2D eigenvalue weighted by atomic mass is 10.1. The summed E-state index contributed by atoms with van der Waals surface area (Å²) in [6.45, 7) is 8.70. The maximum absolute atomic E-state index is 11.8. The fraction of sp³-hybridized carbons (Fsp3) is 0.765. The van der Waals surface area contributed by atoms with Crippen molar-refractivity contribution in [3.8, 4) is 0 Å². The summed E-state index contributed by atoms with van der Waals surface area (Å²) in [5.41, 5.74) is 2.01. The number of aryl methyl sites for hydroxylation is 2. The fourth-order valence-electron chi connectivity index (χ4n) is 2.98. The van der Waals surface area contributed by atoms with E-state index >= 15 is 0 Å². The number of ether oxygens (including phenoxy) is 1. The summed E-state index contributed by atoms with van der Waals surface area (Å²) in [4.78, 5) is 11.8. The van der Waals surface area contributed by atoms with Gasteiger partial charge in [-0.2, -0.15) is 5.10 Å². The number of aromatic nitrogens is 2. The van der Waals surface area contributed by atoms with Crippen molar-refractivity contribution in [2.45, 2.75) is 77.5 Å². The van der Waals surface area contributed by atoms with Gasteiger partial charge in [0, 0.05) is 17.8 Å². The van der Waals surface area contributed by atoms with Crippen LogP contribution in [0.25, 0.3) is 0 Å². The molecule has 1 saturated carbocycles. The van der Waals surface area contributed by atoms with Crippen molar-refractivity contribution in [1.29, 1.82) is 0 Å². The van der Waals surface area contributed by atoms with Crippen LogP contribution in [-0.2, 0) is 11.2 Å². The lowest BCUT2D eigenvalue weighted by Gasteiger charge is -2.21. The Hall–Kier alpha value is -1.56. The Morgan fingerprint density at radius 3 is 2.78 bits per heavy atom. The SMILES string of the molecule is Cc1[nH]ncc1CCCNC1CCC(NC(=O)OC(C)(C)C)C1. The summed E-state index contributed by atoms with van der Waals surface area (Å²) in [6, 6.07) is 0.707. The molecule has 1 heterocycles. The van der Waals surface area contributed by atoms with Crippen LogP contribution in [0.5, 0.6) is 0 Å². The molecule has 0 radical (unpaired) electrons. The van der Waals surface area contributed by atoms with Gasteiger partial charge in [0.2, 0.25) is 0 Å². The number of carbonyl (C=O) groups excluding carboxylic acids is 1. The van der Waals surface area contributed by atoms with E-state index in [0.717, 1.165) is 44.3 Å². The molecule has 3 N–H and O–H groups in total. The molecule has 130 valence electrons. The summed E-state index contributed by atoms with van der Waals surface area (Å²) in [5.74, 6) is 0. The van der Waals surface area contributed by atoms with Gasteiger partial charge in [-0.3, -0.25) is 5.10 Å². The number of hydrogen-bond donors (Lipinski definition) is 3. The number of hydrogen-bond acceptors (Lipinski definition) is 4. The molecule has 1 aromatic heterocycles. The molecule has 6 heteroatoms. The Labute approximate surface area is 138 Å². The maximum Gasteiger partial charge on any atom is 0.407 e. The predicted octanol–water partition coefficient (Wildman–Crippen LogP) is 2.69. The van der Waals surface area contributed by atoms with Gasteiger partial charge in [-0.15, -0.1) is 0 Å². The van der Waals surface area contributed by atoms with Crippen LogP contribution in [0, 0.1) is 6.92 Å². The molecule has 1 aromatic rings. The van der Waals surface area contributed by atoms with E-state index in [2.05, 4.69) is 27.8 Å². The van der Waals surface area contributed by atoms with E-state index in [9.17, 15) is 4.79 Å². The number of H-pyrrole nitrogens is 1. The highest BCUT2D eigenvalue weighted by Gasteiger charge is 2.27. The molecule has 0 aromatic carbocycles. The van der Waals surface area contributed by atoms with Crippen LogP contribution in [0.4, 0.5) is 4.79 Å². The van der Waals surface area contributed by atoms with E-state index in [0.29, 0.717) is 6.04 Å². The van der Waals surface area contributed by atoms with Crippen LogP contribution >= 0.6 is 0 Å². The van der Waals surface area contributed by atoms with Gasteiger partial charge in [-0.1, -0.05) is 0 Å². The number of rotatable bonds is 6. The number of nitrogens with one attached hydrogen (secondary N) is 3. The van der Waals surface area contributed by atoms with Gasteiger partial charge >= 0.3 is 6.09 Å². The molecule has 2 atom stereocenters. The Morgan fingerprint density at radius 2 is 2.13 bits per heavy atom. The zero-order chi connectivity index (χ0) is 16.9. The quantitative estimate of drug-likeness (QED) is 0.704. The molecule has 0 saturated heterocycles. The standard InChI is InChI=1S/C17H30N4O2/c1-12-13(11-19-21-12)6-5-9-18-14-7-8-15(10-14)20-16(22)23-17(2,3)4/h11,14-15,18H,5-10H2,1-4H3,(H,19,21)(H,20,22). The van der Waals surface area contributed by atoms with E-state index in [1.807, 2.05) is 27.0 Å². The summed E-state index contributed by atoms with van der Waals surface area (Å²) in [7, 11) is 0. The average Bonchev–Trinajstić information content (AvgIpc) is 3.02. The molecule has 23 heavy (non-hydrogen) atoms. The molecule has 1 aliphatic carbocycles. The third kappa shape index (κ3) is 6.22. The molecule has 0 spiro atoms. The molecular weight excluding hydrogens is 292 g/mol. The summed E-state index contributed by atoms with van der Waals surface area (Å²) in [5, 5.41) is 13.6. The van der Waals surface area contributed by atoms with E-state index in [1.165, 1.54) is 5.56 Å². The van der Waals surface area contributed by atoms with Crippen molar-refractivity contribution in [2.24, 2.45) is 0 Å².